The zero-order chi connectivity index (χ0) is 11.4. The van der Waals surface area contributed by atoms with Gasteiger partial charge in [-0.15, -0.1) is 0 Å². The minimum Gasteiger partial charge on any atom is -0.323 e. The highest BCUT2D eigenvalue weighted by molar-refractivity contribution is 7.09. The van der Waals surface area contributed by atoms with Crippen molar-refractivity contribution < 1.29 is 4.79 Å². The molecular weight excluding hydrogens is 228 g/mol. The Kier molecular flexibility index (Phi) is 3.03. The topological polar surface area (TPSA) is 106 Å². The molecule has 2 rings (SSSR count). The molecule has 0 saturated heterocycles. The second-order valence-electron chi connectivity index (χ2n) is 2.81. The molecule has 0 atom stereocenters. The molecule has 0 fully saturated rings. The molecule has 0 radical (unpaired) electrons. The van der Waals surface area contributed by atoms with Crippen molar-refractivity contribution in [3.05, 3.63) is 29.8 Å². The molecule has 4 N–H and O–H groups in total. The van der Waals surface area contributed by atoms with E-state index in [1.807, 2.05) is 0 Å². The molecule has 0 aliphatic heterocycles. The standard InChI is InChI=1S/C8H8N6OS/c9-11-6-4-2-1-3-5(6)7(15)10-8-12-13-14-16-8/h1-4,11H,9H2,(H,10,12,14,15). The second-order valence-corrected chi connectivity index (χ2v) is 3.54. The van der Waals surface area contributed by atoms with E-state index in [2.05, 4.69) is 25.5 Å². The van der Waals surface area contributed by atoms with Gasteiger partial charge in [-0.2, -0.15) is 0 Å². The summed E-state index contributed by atoms with van der Waals surface area (Å²) in [5.74, 6) is 4.98. The Morgan fingerprint density at radius 2 is 2.19 bits per heavy atom. The van der Waals surface area contributed by atoms with Crippen molar-refractivity contribution in [3.63, 3.8) is 0 Å². The first kappa shape index (κ1) is 10.5. The summed E-state index contributed by atoms with van der Waals surface area (Å²) in [5.41, 5.74) is 3.42. The van der Waals surface area contributed by atoms with Crippen molar-refractivity contribution in [2.24, 2.45) is 5.84 Å². The Labute approximate surface area is 94.8 Å². The summed E-state index contributed by atoms with van der Waals surface area (Å²) in [7, 11) is 0. The van der Waals surface area contributed by atoms with Gasteiger partial charge in [-0.3, -0.25) is 16.0 Å². The number of hydrogen-bond acceptors (Lipinski definition) is 7. The molecule has 1 aromatic carbocycles. The zero-order valence-corrected chi connectivity index (χ0v) is 8.86. The van der Waals surface area contributed by atoms with E-state index < -0.39 is 0 Å². The van der Waals surface area contributed by atoms with Crippen molar-refractivity contribution >= 4 is 28.3 Å². The lowest BCUT2D eigenvalue weighted by molar-refractivity contribution is 0.102. The third-order valence-corrected chi connectivity index (χ3v) is 2.36. The Hall–Kier alpha value is -2.06. The average molecular weight is 236 g/mol. The Balaban J connectivity index is 2.21. The number of hydrazine groups is 1. The van der Waals surface area contributed by atoms with Crippen LogP contribution >= 0.6 is 11.5 Å². The number of nitrogens with two attached hydrogens (primary N) is 1. The van der Waals surface area contributed by atoms with Crippen molar-refractivity contribution in [1.29, 1.82) is 0 Å². The molecule has 0 unspecified atom stereocenters. The van der Waals surface area contributed by atoms with Crippen molar-refractivity contribution in [2.45, 2.75) is 0 Å². The highest BCUT2D eigenvalue weighted by Gasteiger charge is 2.11. The van der Waals surface area contributed by atoms with Crippen LogP contribution in [0.15, 0.2) is 24.3 Å². The van der Waals surface area contributed by atoms with Crippen LogP contribution in [-0.2, 0) is 0 Å². The van der Waals surface area contributed by atoms with E-state index in [9.17, 15) is 4.79 Å². The number of aromatic nitrogens is 3. The number of carbonyl (C=O) groups excluding carboxylic acids is 1. The molecule has 7 nitrogen and oxygen atoms in total. The van der Waals surface area contributed by atoms with Gasteiger partial charge in [0.2, 0.25) is 5.13 Å². The minimum absolute atomic E-state index is 0.313. The Morgan fingerprint density at radius 1 is 1.38 bits per heavy atom. The van der Waals surface area contributed by atoms with Crippen LogP contribution in [0.5, 0.6) is 0 Å². The largest absolute Gasteiger partial charge is 0.323 e. The zero-order valence-electron chi connectivity index (χ0n) is 8.04. The quantitative estimate of drug-likeness (QED) is 0.528. The predicted molar refractivity (Wildman–Crippen MR) is 59.9 cm³/mol. The molecule has 1 aromatic heterocycles. The third kappa shape index (κ3) is 2.12. The lowest BCUT2D eigenvalue weighted by Crippen LogP contribution is -2.17. The fourth-order valence-corrected chi connectivity index (χ4v) is 1.52. The van der Waals surface area contributed by atoms with Crippen LogP contribution in [0.4, 0.5) is 10.8 Å². The first-order valence-corrected chi connectivity index (χ1v) is 5.10. The fourth-order valence-electron chi connectivity index (χ4n) is 1.15. The predicted octanol–water partition coefficient (Wildman–Crippen LogP) is 0.471. The fraction of sp³-hybridized carbons (Fsp3) is 0. The number of benzene rings is 1. The maximum absolute atomic E-state index is 11.8. The van der Waals surface area contributed by atoms with Crippen molar-refractivity contribution in [1.82, 2.24) is 14.8 Å². The number of rotatable bonds is 3. The van der Waals surface area contributed by atoms with E-state index in [1.165, 1.54) is 0 Å². The third-order valence-electron chi connectivity index (χ3n) is 1.85. The summed E-state index contributed by atoms with van der Waals surface area (Å²) >= 11 is 1.00. The highest BCUT2D eigenvalue weighted by atomic mass is 32.1. The van der Waals surface area contributed by atoms with Crippen molar-refractivity contribution in [3.8, 4) is 0 Å². The number of hydrogen-bond donors (Lipinski definition) is 3. The van der Waals surface area contributed by atoms with Crippen molar-refractivity contribution in [2.75, 3.05) is 10.7 Å². The monoisotopic (exact) mass is 236 g/mol. The summed E-state index contributed by atoms with van der Waals surface area (Å²) in [5, 5.41) is 9.89. The van der Waals surface area contributed by atoms with E-state index in [-0.39, 0.29) is 5.91 Å². The first-order valence-electron chi connectivity index (χ1n) is 4.33. The lowest BCUT2D eigenvalue weighted by Gasteiger charge is -2.06. The lowest BCUT2D eigenvalue weighted by atomic mass is 10.1. The molecule has 0 aliphatic rings. The smallest absolute Gasteiger partial charge is 0.259 e. The van der Waals surface area contributed by atoms with Gasteiger partial charge in [0.15, 0.2) is 0 Å². The maximum Gasteiger partial charge on any atom is 0.259 e. The van der Waals surface area contributed by atoms with Crippen LogP contribution in [0, 0.1) is 0 Å². The second kappa shape index (κ2) is 4.64. The van der Waals surface area contributed by atoms with Gasteiger partial charge < -0.3 is 5.43 Å². The molecule has 16 heavy (non-hydrogen) atoms. The van der Waals surface area contributed by atoms with Gasteiger partial charge >= 0.3 is 0 Å². The van der Waals surface area contributed by atoms with E-state index in [0.29, 0.717) is 16.4 Å². The first-order chi connectivity index (χ1) is 7.81. The van der Waals surface area contributed by atoms with Gasteiger partial charge in [-0.25, -0.2) is 0 Å². The SMILES string of the molecule is NNc1ccccc1C(=O)Nc1nnns1. The molecule has 0 saturated carbocycles. The van der Waals surface area contributed by atoms with E-state index in [1.54, 1.807) is 24.3 Å². The van der Waals surface area contributed by atoms with E-state index in [0.717, 1.165) is 11.5 Å². The van der Waals surface area contributed by atoms with Crippen LogP contribution in [0.25, 0.3) is 0 Å². The molecule has 0 bridgehead atoms. The Morgan fingerprint density at radius 3 is 2.88 bits per heavy atom. The van der Waals surface area contributed by atoms with Gasteiger partial charge in [-0.1, -0.05) is 21.7 Å². The number of carbonyl (C=O) groups is 1. The number of para-hydroxylation sites is 1. The van der Waals surface area contributed by atoms with Crippen LogP contribution in [0.1, 0.15) is 10.4 Å². The van der Waals surface area contributed by atoms with Crippen LogP contribution in [-0.4, -0.2) is 20.7 Å². The average Bonchev–Trinajstić information content (AvgIpc) is 2.81. The molecule has 1 heterocycles. The highest BCUT2D eigenvalue weighted by Crippen LogP contribution is 2.15. The van der Waals surface area contributed by atoms with Crippen LogP contribution < -0.4 is 16.6 Å². The molecule has 0 spiro atoms. The van der Waals surface area contributed by atoms with Gasteiger partial charge in [-0.05, 0) is 17.3 Å². The molecular formula is C8H8N6OS. The number of amides is 1. The molecule has 8 heteroatoms. The summed E-state index contributed by atoms with van der Waals surface area (Å²) in [6, 6.07) is 6.87. The van der Waals surface area contributed by atoms with Gasteiger partial charge in [0.05, 0.1) is 11.3 Å². The van der Waals surface area contributed by atoms with Gasteiger partial charge in [0, 0.05) is 11.5 Å². The summed E-state index contributed by atoms with van der Waals surface area (Å²) in [6.45, 7) is 0. The molecule has 0 aliphatic carbocycles. The molecule has 82 valence electrons. The van der Waals surface area contributed by atoms with E-state index in [4.69, 9.17) is 5.84 Å². The summed E-state index contributed by atoms with van der Waals surface area (Å²) < 4.78 is 3.54. The maximum atomic E-state index is 11.8. The number of anilines is 2. The number of nitrogens with one attached hydrogen (secondary N) is 2. The number of nitrogens with zero attached hydrogens (tertiary/aromatic N) is 3. The minimum atomic E-state index is -0.313. The molecule has 2 aromatic rings. The summed E-state index contributed by atoms with van der Waals surface area (Å²) in [6.07, 6.45) is 0. The summed E-state index contributed by atoms with van der Waals surface area (Å²) in [4.78, 5) is 11.8. The number of nitrogen functional groups attached to an aromatic ring is 1. The van der Waals surface area contributed by atoms with E-state index >= 15 is 0 Å². The molecule has 1 amide bonds. The normalized spacial score (nSPS) is 9.81. The van der Waals surface area contributed by atoms with Crippen LogP contribution in [0.2, 0.25) is 0 Å². The van der Waals surface area contributed by atoms with Gasteiger partial charge in [0.25, 0.3) is 5.91 Å². The Bertz CT molecular complexity index is 485. The van der Waals surface area contributed by atoms with Crippen LogP contribution in [0.3, 0.4) is 0 Å². The van der Waals surface area contributed by atoms with Gasteiger partial charge in [0.1, 0.15) is 0 Å².